The fourth-order valence-electron chi connectivity index (χ4n) is 2.28. The van der Waals surface area contributed by atoms with Crippen molar-refractivity contribution in [2.45, 2.75) is 53.0 Å². The largest absolute Gasteiger partial charge is 0.314 e. The van der Waals surface area contributed by atoms with Crippen LogP contribution in [0.15, 0.2) is 0 Å². The molecule has 0 saturated heterocycles. The van der Waals surface area contributed by atoms with Gasteiger partial charge in [0.25, 0.3) is 0 Å². The van der Waals surface area contributed by atoms with E-state index in [-0.39, 0.29) is 0 Å². The van der Waals surface area contributed by atoms with Crippen LogP contribution in [0.1, 0.15) is 47.0 Å². The summed E-state index contributed by atoms with van der Waals surface area (Å²) in [6, 6.07) is 0.592. The molecule has 0 aromatic carbocycles. The number of hydrogen-bond donors (Lipinski definition) is 1. The molecule has 0 aliphatic heterocycles. The lowest BCUT2D eigenvalue weighted by Gasteiger charge is -2.36. The number of hydrogen-bond acceptors (Lipinski definition) is 2. The molecule has 2 heteroatoms. The molecule has 1 atom stereocenters. The predicted octanol–water partition coefficient (Wildman–Crippen LogP) is 2.74. The molecule has 0 radical (unpaired) electrons. The molecule has 0 aromatic rings. The van der Waals surface area contributed by atoms with E-state index in [1.807, 2.05) is 0 Å². The van der Waals surface area contributed by atoms with Gasteiger partial charge in [-0.25, -0.2) is 0 Å². The lowest BCUT2D eigenvalue weighted by molar-refractivity contribution is 0.161. The van der Waals surface area contributed by atoms with Crippen molar-refractivity contribution in [3.8, 4) is 0 Å². The molecule has 1 N–H and O–H groups in total. The molecule has 2 nitrogen and oxygen atoms in total. The highest BCUT2D eigenvalue weighted by atomic mass is 15.1. The molecule has 0 heterocycles. The number of rotatable bonds is 8. The first-order valence-corrected chi connectivity index (χ1v) is 6.87. The first-order chi connectivity index (χ1) is 7.45. The zero-order valence-electron chi connectivity index (χ0n) is 11.8. The summed E-state index contributed by atoms with van der Waals surface area (Å²) in [5, 5.41) is 3.62. The smallest absolute Gasteiger partial charge is 0.0102 e. The second kappa shape index (κ2) is 6.02. The highest BCUT2D eigenvalue weighted by molar-refractivity contribution is 4.85. The minimum atomic E-state index is 0.360. The Morgan fingerprint density at radius 1 is 1.38 bits per heavy atom. The maximum absolute atomic E-state index is 3.62. The van der Waals surface area contributed by atoms with Crippen LogP contribution in [0.3, 0.4) is 0 Å². The normalized spacial score (nSPS) is 19.1. The monoisotopic (exact) mass is 226 g/mol. The Morgan fingerprint density at radius 3 is 2.50 bits per heavy atom. The van der Waals surface area contributed by atoms with Crippen molar-refractivity contribution in [1.82, 2.24) is 10.2 Å². The second-order valence-electron chi connectivity index (χ2n) is 6.30. The molecule has 0 spiro atoms. The van der Waals surface area contributed by atoms with Gasteiger partial charge in [-0.05, 0) is 51.1 Å². The van der Waals surface area contributed by atoms with Crippen LogP contribution in [-0.2, 0) is 0 Å². The summed E-state index contributed by atoms with van der Waals surface area (Å²) in [6.07, 6.45) is 4.13. The molecule has 1 aliphatic rings. The van der Waals surface area contributed by atoms with Gasteiger partial charge in [0.1, 0.15) is 0 Å². The third-order valence-electron chi connectivity index (χ3n) is 3.82. The van der Waals surface area contributed by atoms with E-state index in [1.54, 1.807) is 0 Å². The summed E-state index contributed by atoms with van der Waals surface area (Å²) in [6.45, 7) is 12.9. The summed E-state index contributed by atoms with van der Waals surface area (Å²) < 4.78 is 0. The molecule has 0 amide bonds. The molecule has 0 aromatic heterocycles. The standard InChI is InChI=1S/C14H30N2/c1-6-9-15-12(2)14(3,4)11-16(5)10-13-7-8-13/h12-13,15H,6-11H2,1-5H3. The van der Waals surface area contributed by atoms with Crippen molar-refractivity contribution in [2.75, 3.05) is 26.7 Å². The molecule has 1 saturated carbocycles. The van der Waals surface area contributed by atoms with Gasteiger partial charge in [0.15, 0.2) is 0 Å². The maximum Gasteiger partial charge on any atom is 0.0102 e. The van der Waals surface area contributed by atoms with Crippen LogP contribution in [0.5, 0.6) is 0 Å². The predicted molar refractivity (Wildman–Crippen MR) is 71.8 cm³/mol. The third kappa shape index (κ3) is 4.84. The third-order valence-corrected chi connectivity index (χ3v) is 3.82. The van der Waals surface area contributed by atoms with Crippen LogP contribution in [0.25, 0.3) is 0 Å². The molecule has 1 rings (SSSR count). The molecule has 1 fully saturated rings. The molecule has 16 heavy (non-hydrogen) atoms. The van der Waals surface area contributed by atoms with Gasteiger partial charge in [-0.2, -0.15) is 0 Å². The van der Waals surface area contributed by atoms with Crippen molar-refractivity contribution in [2.24, 2.45) is 11.3 Å². The quantitative estimate of drug-likeness (QED) is 0.684. The highest BCUT2D eigenvalue weighted by Crippen LogP contribution is 2.30. The van der Waals surface area contributed by atoms with Crippen LogP contribution in [-0.4, -0.2) is 37.6 Å². The van der Waals surface area contributed by atoms with E-state index >= 15 is 0 Å². The Balaban J connectivity index is 2.29. The van der Waals surface area contributed by atoms with Crippen molar-refractivity contribution in [3.05, 3.63) is 0 Å². The first kappa shape index (κ1) is 14.0. The second-order valence-corrected chi connectivity index (χ2v) is 6.30. The molecule has 0 bridgehead atoms. The van der Waals surface area contributed by atoms with Crippen LogP contribution < -0.4 is 5.32 Å². The highest BCUT2D eigenvalue weighted by Gasteiger charge is 2.29. The van der Waals surface area contributed by atoms with Gasteiger partial charge in [-0.15, -0.1) is 0 Å². The van der Waals surface area contributed by atoms with E-state index in [0.29, 0.717) is 11.5 Å². The topological polar surface area (TPSA) is 15.3 Å². The Labute approximate surface area is 102 Å². The summed E-state index contributed by atoms with van der Waals surface area (Å²) in [4.78, 5) is 2.52. The van der Waals surface area contributed by atoms with Crippen molar-refractivity contribution in [1.29, 1.82) is 0 Å². The van der Waals surface area contributed by atoms with Gasteiger partial charge in [-0.3, -0.25) is 0 Å². The van der Waals surface area contributed by atoms with E-state index in [0.717, 1.165) is 12.5 Å². The molecular weight excluding hydrogens is 196 g/mol. The lowest BCUT2D eigenvalue weighted by atomic mass is 9.84. The van der Waals surface area contributed by atoms with Gasteiger partial charge in [0.05, 0.1) is 0 Å². The summed E-state index contributed by atoms with van der Waals surface area (Å²) in [5.74, 6) is 1.000. The summed E-state index contributed by atoms with van der Waals surface area (Å²) in [5.41, 5.74) is 0.360. The van der Waals surface area contributed by atoms with Crippen LogP contribution in [0, 0.1) is 11.3 Å². The van der Waals surface area contributed by atoms with E-state index < -0.39 is 0 Å². The molecule has 96 valence electrons. The van der Waals surface area contributed by atoms with Crippen LogP contribution >= 0.6 is 0 Å². The fraction of sp³-hybridized carbons (Fsp3) is 1.00. The van der Waals surface area contributed by atoms with E-state index in [9.17, 15) is 0 Å². The Bertz CT molecular complexity index is 197. The van der Waals surface area contributed by atoms with Gasteiger partial charge in [0, 0.05) is 19.1 Å². The number of nitrogens with zero attached hydrogens (tertiary/aromatic N) is 1. The van der Waals surface area contributed by atoms with E-state index in [2.05, 4.69) is 45.0 Å². The lowest BCUT2D eigenvalue weighted by Crippen LogP contribution is -2.46. The van der Waals surface area contributed by atoms with Crippen molar-refractivity contribution >= 4 is 0 Å². The van der Waals surface area contributed by atoms with Gasteiger partial charge >= 0.3 is 0 Å². The van der Waals surface area contributed by atoms with Crippen molar-refractivity contribution < 1.29 is 0 Å². The van der Waals surface area contributed by atoms with E-state index in [4.69, 9.17) is 0 Å². The average Bonchev–Trinajstić information content (AvgIpc) is 2.96. The Morgan fingerprint density at radius 2 is 2.00 bits per heavy atom. The van der Waals surface area contributed by atoms with Gasteiger partial charge < -0.3 is 10.2 Å². The molecular formula is C14H30N2. The molecule has 1 aliphatic carbocycles. The fourth-order valence-corrected chi connectivity index (χ4v) is 2.28. The van der Waals surface area contributed by atoms with Crippen molar-refractivity contribution in [3.63, 3.8) is 0 Å². The SMILES string of the molecule is CCCNC(C)C(C)(C)CN(C)CC1CC1. The average molecular weight is 226 g/mol. The minimum Gasteiger partial charge on any atom is -0.314 e. The molecule has 1 unspecified atom stereocenters. The van der Waals surface area contributed by atoms with E-state index in [1.165, 1.54) is 32.4 Å². The first-order valence-electron chi connectivity index (χ1n) is 6.87. The maximum atomic E-state index is 3.62. The van der Waals surface area contributed by atoms with Crippen LogP contribution in [0.4, 0.5) is 0 Å². The number of nitrogens with one attached hydrogen (secondary N) is 1. The minimum absolute atomic E-state index is 0.360. The van der Waals surface area contributed by atoms with Crippen LogP contribution in [0.2, 0.25) is 0 Å². The Kier molecular flexibility index (Phi) is 5.26. The Hall–Kier alpha value is -0.0800. The zero-order valence-corrected chi connectivity index (χ0v) is 11.8. The summed E-state index contributed by atoms with van der Waals surface area (Å²) >= 11 is 0. The zero-order chi connectivity index (χ0) is 12.2. The van der Waals surface area contributed by atoms with Gasteiger partial charge in [-0.1, -0.05) is 20.8 Å². The summed E-state index contributed by atoms with van der Waals surface area (Å²) in [7, 11) is 2.27. The van der Waals surface area contributed by atoms with Gasteiger partial charge in [0.2, 0.25) is 0 Å².